The molecule has 1 aliphatic rings. The fourth-order valence-electron chi connectivity index (χ4n) is 2.25. The van der Waals surface area contributed by atoms with Crippen molar-refractivity contribution in [1.82, 2.24) is 4.90 Å². The highest BCUT2D eigenvalue weighted by atomic mass is 32.2. The molecule has 6 heteroatoms. The van der Waals surface area contributed by atoms with Crippen LogP contribution in [0.15, 0.2) is 24.3 Å². The van der Waals surface area contributed by atoms with Crippen molar-refractivity contribution in [2.75, 3.05) is 18.8 Å². The topological polar surface area (TPSA) is 63.5 Å². The zero-order valence-electron chi connectivity index (χ0n) is 11.6. The van der Waals surface area contributed by atoms with Crippen LogP contribution < -0.4 is 0 Å². The molecule has 0 N–H and O–H groups in total. The summed E-state index contributed by atoms with van der Waals surface area (Å²) in [5.74, 6) is 1.14. The number of benzene rings is 1. The highest BCUT2D eigenvalue weighted by Crippen LogP contribution is 2.27. The predicted molar refractivity (Wildman–Crippen MR) is 80.1 cm³/mol. The highest BCUT2D eigenvalue weighted by Gasteiger charge is 2.29. The number of rotatable bonds is 3. The van der Waals surface area contributed by atoms with Crippen molar-refractivity contribution in [2.24, 2.45) is 5.92 Å². The molecule has 1 aromatic carbocycles. The summed E-state index contributed by atoms with van der Waals surface area (Å²) in [5.41, 5.74) is 0.0729. The molecular formula is C14H18N2O3S. The smallest absolute Gasteiger partial charge is 0.282 e. The van der Waals surface area contributed by atoms with E-state index in [1.807, 2.05) is 11.8 Å². The van der Waals surface area contributed by atoms with E-state index in [0.29, 0.717) is 24.3 Å². The van der Waals surface area contributed by atoms with Crippen LogP contribution >= 0.6 is 11.8 Å². The molecule has 0 aromatic heterocycles. The number of thioether (sulfide) groups is 1. The zero-order valence-corrected chi connectivity index (χ0v) is 12.4. The number of hydrogen-bond acceptors (Lipinski definition) is 4. The number of amides is 1. The Labute approximate surface area is 122 Å². The van der Waals surface area contributed by atoms with Gasteiger partial charge in [-0.1, -0.05) is 26.0 Å². The fourth-order valence-corrected chi connectivity index (χ4v) is 3.55. The molecule has 5 nitrogen and oxygen atoms in total. The van der Waals surface area contributed by atoms with Crippen molar-refractivity contribution in [3.63, 3.8) is 0 Å². The van der Waals surface area contributed by atoms with Crippen LogP contribution in [0.5, 0.6) is 0 Å². The molecule has 1 amide bonds. The van der Waals surface area contributed by atoms with Crippen LogP contribution in [0.25, 0.3) is 0 Å². The summed E-state index contributed by atoms with van der Waals surface area (Å²) in [6.45, 7) is 5.58. The first-order valence-corrected chi connectivity index (χ1v) is 7.70. The monoisotopic (exact) mass is 294 g/mol. The van der Waals surface area contributed by atoms with Crippen molar-refractivity contribution < 1.29 is 9.72 Å². The van der Waals surface area contributed by atoms with Gasteiger partial charge in [-0.3, -0.25) is 14.9 Å². The minimum atomic E-state index is -0.494. The third-order valence-corrected chi connectivity index (χ3v) is 5.00. The molecule has 1 aromatic rings. The second-order valence-electron chi connectivity index (χ2n) is 5.18. The summed E-state index contributed by atoms with van der Waals surface area (Å²) in [4.78, 5) is 24.8. The number of nitro groups is 1. The minimum Gasteiger partial charge on any atom is -0.336 e. The Kier molecular flexibility index (Phi) is 4.65. The average Bonchev–Trinajstić information content (AvgIpc) is 2.46. The molecule has 108 valence electrons. The van der Waals surface area contributed by atoms with Gasteiger partial charge in [0.2, 0.25) is 0 Å². The lowest BCUT2D eigenvalue weighted by Gasteiger charge is -2.34. The lowest BCUT2D eigenvalue weighted by atomic mass is 10.1. The molecule has 0 saturated carbocycles. The summed E-state index contributed by atoms with van der Waals surface area (Å²) >= 11 is 1.87. The van der Waals surface area contributed by atoms with E-state index in [-0.39, 0.29) is 17.2 Å². The first kappa shape index (κ1) is 14.8. The van der Waals surface area contributed by atoms with Crippen LogP contribution in [-0.4, -0.2) is 39.8 Å². The molecule has 2 rings (SSSR count). The fraction of sp³-hybridized carbons (Fsp3) is 0.500. The number of nitro benzene ring substituents is 1. The lowest BCUT2D eigenvalue weighted by molar-refractivity contribution is -0.385. The summed E-state index contributed by atoms with van der Waals surface area (Å²) < 4.78 is 0. The van der Waals surface area contributed by atoms with E-state index in [1.165, 1.54) is 12.1 Å². The van der Waals surface area contributed by atoms with Crippen LogP contribution in [0.2, 0.25) is 0 Å². The molecule has 0 radical (unpaired) electrons. The van der Waals surface area contributed by atoms with Gasteiger partial charge in [0.15, 0.2) is 0 Å². The Balaban J connectivity index is 2.21. The highest BCUT2D eigenvalue weighted by molar-refractivity contribution is 8.00. The number of nitrogens with zero attached hydrogens (tertiary/aromatic N) is 2. The molecule has 0 bridgehead atoms. The summed E-state index contributed by atoms with van der Waals surface area (Å²) in [6, 6.07) is 6.16. The molecule has 0 spiro atoms. The first-order valence-electron chi connectivity index (χ1n) is 6.65. The SMILES string of the molecule is CC(C)[C@H]1CN(C(=O)c2ccccc2[N+](=O)[O-])CCS1. The molecular weight excluding hydrogens is 276 g/mol. The van der Waals surface area contributed by atoms with E-state index in [2.05, 4.69) is 13.8 Å². The van der Waals surface area contributed by atoms with Crippen molar-refractivity contribution >= 4 is 23.4 Å². The molecule has 1 fully saturated rings. The first-order chi connectivity index (χ1) is 9.50. The maximum Gasteiger partial charge on any atom is 0.282 e. The average molecular weight is 294 g/mol. The van der Waals surface area contributed by atoms with Crippen LogP contribution in [0.4, 0.5) is 5.69 Å². The van der Waals surface area contributed by atoms with Gasteiger partial charge < -0.3 is 4.90 Å². The maximum absolute atomic E-state index is 12.5. The summed E-state index contributed by atoms with van der Waals surface area (Å²) in [5, 5.41) is 11.4. The van der Waals surface area contributed by atoms with E-state index in [0.717, 1.165) is 5.75 Å². The minimum absolute atomic E-state index is 0.114. The van der Waals surface area contributed by atoms with E-state index in [4.69, 9.17) is 0 Å². The molecule has 1 heterocycles. The van der Waals surface area contributed by atoms with E-state index in [9.17, 15) is 14.9 Å². The van der Waals surface area contributed by atoms with Crippen LogP contribution in [0.1, 0.15) is 24.2 Å². The van der Waals surface area contributed by atoms with Gasteiger partial charge in [-0.15, -0.1) is 0 Å². The van der Waals surface area contributed by atoms with Crippen molar-refractivity contribution in [2.45, 2.75) is 19.1 Å². The van der Waals surface area contributed by atoms with Gasteiger partial charge in [0.25, 0.3) is 11.6 Å². The van der Waals surface area contributed by atoms with Crippen LogP contribution in [0.3, 0.4) is 0 Å². The Morgan fingerprint density at radius 3 is 2.80 bits per heavy atom. The van der Waals surface area contributed by atoms with Gasteiger partial charge in [0, 0.05) is 30.2 Å². The van der Waals surface area contributed by atoms with Gasteiger partial charge in [-0.05, 0) is 12.0 Å². The normalized spacial score (nSPS) is 19.1. The third kappa shape index (κ3) is 3.12. The number of para-hydroxylation sites is 1. The molecule has 1 saturated heterocycles. The van der Waals surface area contributed by atoms with Gasteiger partial charge in [-0.2, -0.15) is 11.8 Å². The Bertz CT molecular complexity index is 519. The Morgan fingerprint density at radius 1 is 1.45 bits per heavy atom. The number of hydrogen-bond donors (Lipinski definition) is 0. The van der Waals surface area contributed by atoms with Gasteiger partial charge in [0.05, 0.1) is 4.92 Å². The molecule has 0 unspecified atom stereocenters. The zero-order chi connectivity index (χ0) is 14.7. The van der Waals surface area contributed by atoms with E-state index >= 15 is 0 Å². The Hall–Kier alpha value is -1.56. The molecule has 1 atom stereocenters. The van der Waals surface area contributed by atoms with Crippen molar-refractivity contribution in [1.29, 1.82) is 0 Å². The number of carbonyl (C=O) groups is 1. The predicted octanol–water partition coefficient (Wildman–Crippen LogP) is 2.81. The summed E-state index contributed by atoms with van der Waals surface area (Å²) in [6.07, 6.45) is 0. The largest absolute Gasteiger partial charge is 0.336 e. The third-order valence-electron chi connectivity index (χ3n) is 3.46. The van der Waals surface area contributed by atoms with E-state index < -0.39 is 4.92 Å². The lowest BCUT2D eigenvalue weighted by Crippen LogP contribution is -2.43. The molecule has 0 aliphatic carbocycles. The second-order valence-corrected chi connectivity index (χ2v) is 6.53. The van der Waals surface area contributed by atoms with Crippen LogP contribution in [0, 0.1) is 16.0 Å². The standard InChI is InChI=1S/C14H18N2O3S/c1-10(2)13-9-15(7-8-20-13)14(17)11-5-3-4-6-12(11)16(18)19/h3-6,10,13H,7-9H2,1-2H3/t13-/m1/s1. The molecule has 1 aliphatic heterocycles. The second kappa shape index (κ2) is 6.26. The Morgan fingerprint density at radius 2 is 2.15 bits per heavy atom. The van der Waals surface area contributed by atoms with Gasteiger partial charge in [-0.25, -0.2) is 0 Å². The van der Waals surface area contributed by atoms with Gasteiger partial charge in [0.1, 0.15) is 5.56 Å². The maximum atomic E-state index is 12.5. The summed E-state index contributed by atoms with van der Waals surface area (Å²) in [7, 11) is 0. The van der Waals surface area contributed by atoms with E-state index in [1.54, 1.807) is 17.0 Å². The molecule has 20 heavy (non-hydrogen) atoms. The van der Waals surface area contributed by atoms with Crippen molar-refractivity contribution in [3.05, 3.63) is 39.9 Å². The van der Waals surface area contributed by atoms with Crippen molar-refractivity contribution in [3.8, 4) is 0 Å². The quantitative estimate of drug-likeness (QED) is 0.635. The van der Waals surface area contributed by atoms with Gasteiger partial charge >= 0.3 is 0 Å². The number of carbonyl (C=O) groups excluding carboxylic acids is 1. The van der Waals surface area contributed by atoms with Crippen LogP contribution in [-0.2, 0) is 0 Å².